The molecular formula is C16H25N3O3. The Balaban J connectivity index is 1.57. The van der Waals surface area contributed by atoms with Gasteiger partial charge in [-0.3, -0.25) is 0 Å². The van der Waals surface area contributed by atoms with E-state index in [2.05, 4.69) is 15.4 Å². The van der Waals surface area contributed by atoms with Gasteiger partial charge in [-0.15, -0.1) is 0 Å². The van der Waals surface area contributed by atoms with Gasteiger partial charge in [0.25, 0.3) is 5.88 Å². The van der Waals surface area contributed by atoms with Gasteiger partial charge in [0.05, 0.1) is 6.61 Å². The number of ether oxygens (including phenoxy) is 2. The van der Waals surface area contributed by atoms with Crippen molar-refractivity contribution in [1.82, 2.24) is 15.4 Å². The van der Waals surface area contributed by atoms with Crippen LogP contribution < -0.4 is 4.74 Å². The van der Waals surface area contributed by atoms with Gasteiger partial charge in [-0.25, -0.2) is 9.89 Å². The molecule has 122 valence electrons. The first-order valence-corrected chi connectivity index (χ1v) is 8.47. The molecule has 2 saturated carbocycles. The summed E-state index contributed by atoms with van der Waals surface area (Å²) < 4.78 is 10.9. The molecule has 2 aliphatic rings. The first-order chi connectivity index (χ1) is 10.7. The van der Waals surface area contributed by atoms with Gasteiger partial charge in [0.1, 0.15) is 6.10 Å². The Bertz CT molecular complexity index is 498. The van der Waals surface area contributed by atoms with E-state index < -0.39 is 5.97 Å². The Kier molecular flexibility index (Phi) is 4.64. The van der Waals surface area contributed by atoms with Crippen LogP contribution in [0.15, 0.2) is 0 Å². The highest BCUT2D eigenvalue weighted by Crippen LogP contribution is 2.47. The lowest BCUT2D eigenvalue weighted by molar-refractivity contribution is 0.0440. The molecule has 1 spiro atoms. The number of aromatic nitrogens is 3. The normalized spacial score (nSPS) is 21.7. The Labute approximate surface area is 131 Å². The number of H-pyrrole nitrogens is 1. The van der Waals surface area contributed by atoms with Crippen molar-refractivity contribution in [2.45, 2.75) is 70.8 Å². The SMILES string of the molecule is CCOC(=O)c1[nH]nnc1OC1CCC2(CCCCC2)CC1. The topological polar surface area (TPSA) is 77.1 Å². The van der Waals surface area contributed by atoms with E-state index in [1.807, 2.05) is 0 Å². The highest BCUT2D eigenvalue weighted by atomic mass is 16.5. The predicted molar refractivity (Wildman–Crippen MR) is 80.7 cm³/mol. The van der Waals surface area contributed by atoms with Gasteiger partial charge < -0.3 is 9.47 Å². The van der Waals surface area contributed by atoms with Crippen molar-refractivity contribution in [3.63, 3.8) is 0 Å². The number of carbonyl (C=O) groups is 1. The highest BCUT2D eigenvalue weighted by molar-refractivity contribution is 5.89. The second kappa shape index (κ2) is 6.67. The summed E-state index contributed by atoms with van der Waals surface area (Å²) in [6.07, 6.45) is 11.5. The Hall–Kier alpha value is -1.59. The fourth-order valence-corrected chi connectivity index (χ4v) is 3.92. The third-order valence-corrected chi connectivity index (χ3v) is 5.18. The maximum absolute atomic E-state index is 11.8. The first-order valence-electron chi connectivity index (χ1n) is 8.47. The van der Waals surface area contributed by atoms with E-state index in [4.69, 9.17) is 9.47 Å². The Morgan fingerprint density at radius 1 is 1.23 bits per heavy atom. The van der Waals surface area contributed by atoms with Gasteiger partial charge in [0.2, 0.25) is 5.69 Å². The predicted octanol–water partition coefficient (Wildman–Crippen LogP) is 3.25. The lowest BCUT2D eigenvalue weighted by atomic mass is 9.65. The van der Waals surface area contributed by atoms with E-state index in [0.29, 0.717) is 12.0 Å². The lowest BCUT2D eigenvalue weighted by Gasteiger charge is -2.42. The lowest BCUT2D eigenvalue weighted by Crippen LogP contribution is -2.34. The van der Waals surface area contributed by atoms with E-state index in [9.17, 15) is 4.79 Å². The zero-order chi connectivity index (χ0) is 15.4. The fraction of sp³-hybridized carbons (Fsp3) is 0.812. The van der Waals surface area contributed by atoms with Crippen LogP contribution in [0.25, 0.3) is 0 Å². The molecule has 22 heavy (non-hydrogen) atoms. The van der Waals surface area contributed by atoms with Gasteiger partial charge >= 0.3 is 5.97 Å². The summed E-state index contributed by atoms with van der Waals surface area (Å²) in [4.78, 5) is 11.8. The van der Waals surface area contributed by atoms with Crippen molar-refractivity contribution in [2.75, 3.05) is 6.61 Å². The second-order valence-corrected chi connectivity index (χ2v) is 6.59. The largest absolute Gasteiger partial charge is 0.472 e. The molecule has 0 amide bonds. The average molecular weight is 307 g/mol. The van der Waals surface area contributed by atoms with Crippen LogP contribution in [0.2, 0.25) is 0 Å². The Morgan fingerprint density at radius 3 is 2.64 bits per heavy atom. The van der Waals surface area contributed by atoms with Crippen molar-refractivity contribution < 1.29 is 14.3 Å². The maximum atomic E-state index is 11.8. The number of esters is 1. The molecule has 1 heterocycles. The third kappa shape index (κ3) is 3.25. The molecular weight excluding hydrogens is 282 g/mol. The standard InChI is InChI=1S/C16H25N3O3/c1-2-21-15(20)13-14(18-19-17-13)22-12-6-10-16(11-7-12)8-4-3-5-9-16/h12H,2-11H2,1H3,(H,17,18,19). The molecule has 1 aromatic heterocycles. The third-order valence-electron chi connectivity index (χ3n) is 5.18. The molecule has 0 bridgehead atoms. The molecule has 2 fully saturated rings. The smallest absolute Gasteiger partial charge is 0.362 e. The molecule has 0 aromatic carbocycles. The minimum Gasteiger partial charge on any atom is -0.472 e. The molecule has 0 radical (unpaired) electrons. The summed E-state index contributed by atoms with van der Waals surface area (Å²) in [5.41, 5.74) is 0.783. The van der Waals surface area contributed by atoms with Crippen LogP contribution in [0.5, 0.6) is 5.88 Å². The molecule has 1 aromatic rings. The van der Waals surface area contributed by atoms with Crippen molar-refractivity contribution >= 4 is 5.97 Å². The van der Waals surface area contributed by atoms with E-state index in [-0.39, 0.29) is 17.7 Å². The van der Waals surface area contributed by atoms with Gasteiger partial charge in [-0.1, -0.05) is 29.6 Å². The first kappa shape index (κ1) is 15.3. The van der Waals surface area contributed by atoms with Crippen LogP contribution >= 0.6 is 0 Å². The zero-order valence-corrected chi connectivity index (χ0v) is 13.3. The van der Waals surface area contributed by atoms with E-state index in [1.165, 1.54) is 44.9 Å². The molecule has 0 saturated heterocycles. The minimum absolute atomic E-state index is 0.130. The molecule has 0 aliphatic heterocycles. The van der Waals surface area contributed by atoms with Gasteiger partial charge in [0, 0.05) is 0 Å². The molecule has 0 unspecified atom stereocenters. The summed E-state index contributed by atoms with van der Waals surface area (Å²) in [5, 5.41) is 10.1. The van der Waals surface area contributed by atoms with Crippen molar-refractivity contribution in [3.8, 4) is 5.88 Å². The van der Waals surface area contributed by atoms with E-state index in [0.717, 1.165) is 12.8 Å². The van der Waals surface area contributed by atoms with E-state index >= 15 is 0 Å². The molecule has 0 atom stereocenters. The van der Waals surface area contributed by atoms with Gasteiger partial charge in [-0.05, 0) is 50.9 Å². The number of nitrogens with one attached hydrogen (secondary N) is 1. The van der Waals surface area contributed by atoms with Crippen molar-refractivity contribution in [3.05, 3.63) is 5.69 Å². The van der Waals surface area contributed by atoms with Crippen LogP contribution in [0.1, 0.15) is 75.2 Å². The van der Waals surface area contributed by atoms with Gasteiger partial charge in [0.15, 0.2) is 0 Å². The summed E-state index contributed by atoms with van der Waals surface area (Å²) in [5.74, 6) is -0.176. The molecule has 1 N–H and O–H groups in total. The van der Waals surface area contributed by atoms with Gasteiger partial charge in [-0.2, -0.15) is 0 Å². The molecule has 2 aliphatic carbocycles. The number of rotatable bonds is 4. The number of carbonyl (C=O) groups excluding carboxylic acids is 1. The van der Waals surface area contributed by atoms with Crippen LogP contribution in [0, 0.1) is 5.41 Å². The van der Waals surface area contributed by atoms with Crippen LogP contribution in [0.3, 0.4) is 0 Å². The zero-order valence-electron chi connectivity index (χ0n) is 13.3. The van der Waals surface area contributed by atoms with Crippen molar-refractivity contribution in [2.24, 2.45) is 5.41 Å². The fourth-order valence-electron chi connectivity index (χ4n) is 3.92. The number of hydrogen-bond donors (Lipinski definition) is 1. The van der Waals surface area contributed by atoms with Crippen LogP contribution in [-0.4, -0.2) is 34.1 Å². The number of hydrogen-bond acceptors (Lipinski definition) is 5. The van der Waals surface area contributed by atoms with E-state index in [1.54, 1.807) is 6.92 Å². The summed E-state index contributed by atoms with van der Waals surface area (Å²) in [7, 11) is 0. The summed E-state index contributed by atoms with van der Waals surface area (Å²) >= 11 is 0. The van der Waals surface area contributed by atoms with Crippen LogP contribution in [-0.2, 0) is 4.74 Å². The number of aromatic amines is 1. The molecule has 6 heteroatoms. The Morgan fingerprint density at radius 2 is 1.95 bits per heavy atom. The monoisotopic (exact) mass is 307 g/mol. The average Bonchev–Trinajstić information content (AvgIpc) is 2.99. The number of nitrogens with zero attached hydrogens (tertiary/aromatic N) is 2. The maximum Gasteiger partial charge on any atom is 0.362 e. The molecule has 3 rings (SSSR count). The summed E-state index contributed by atoms with van der Waals surface area (Å²) in [6, 6.07) is 0. The minimum atomic E-state index is -0.456. The quantitative estimate of drug-likeness (QED) is 0.864. The highest BCUT2D eigenvalue weighted by Gasteiger charge is 2.37. The van der Waals surface area contributed by atoms with Crippen LogP contribution in [0.4, 0.5) is 0 Å². The second-order valence-electron chi connectivity index (χ2n) is 6.59. The molecule has 6 nitrogen and oxygen atoms in total. The van der Waals surface area contributed by atoms with Crippen molar-refractivity contribution in [1.29, 1.82) is 0 Å². The summed E-state index contributed by atoms with van der Waals surface area (Å²) in [6.45, 7) is 2.09.